The molecule has 36 heavy (non-hydrogen) atoms. The standard InChI is InChI=1S/C27H36N8O/c1-19(2)33-12-14-34(15-13-33)21-7-9-23(28-17-21)31-26-29-16-20-6-8-22-25(36)30-18-27(10-4-3-5-11-27)35(22)24(20)32-26/h6-9,16-17,19,22H,3-5,10-15,18H2,1-2H3,(H,30,36)(H,28,29,31,32). The molecule has 1 atom stereocenters. The molecule has 9 heteroatoms. The highest BCUT2D eigenvalue weighted by molar-refractivity contribution is 5.93. The third-order valence-electron chi connectivity index (χ3n) is 8.31. The van der Waals surface area contributed by atoms with Gasteiger partial charge in [-0.1, -0.05) is 31.4 Å². The third-order valence-corrected chi connectivity index (χ3v) is 8.31. The molecule has 2 N–H and O–H groups in total. The van der Waals surface area contributed by atoms with E-state index in [1.54, 1.807) is 0 Å². The van der Waals surface area contributed by atoms with Crippen LogP contribution in [0.25, 0.3) is 6.08 Å². The fraction of sp³-hybridized carbons (Fsp3) is 0.556. The van der Waals surface area contributed by atoms with E-state index in [0.717, 1.165) is 56.1 Å². The molecule has 2 saturated heterocycles. The van der Waals surface area contributed by atoms with Gasteiger partial charge in [-0.25, -0.2) is 9.97 Å². The number of pyridine rings is 1. The van der Waals surface area contributed by atoms with Crippen molar-refractivity contribution < 1.29 is 4.79 Å². The summed E-state index contributed by atoms with van der Waals surface area (Å²) in [6.07, 6.45) is 13.5. The second kappa shape index (κ2) is 9.35. The van der Waals surface area contributed by atoms with Crippen LogP contribution < -0.4 is 20.4 Å². The normalized spacial score (nSPS) is 23.4. The van der Waals surface area contributed by atoms with Crippen LogP contribution in [0.5, 0.6) is 0 Å². The first kappa shape index (κ1) is 23.2. The van der Waals surface area contributed by atoms with E-state index in [4.69, 9.17) is 4.98 Å². The molecule has 2 aromatic rings. The molecule has 1 spiro atoms. The first-order valence-electron chi connectivity index (χ1n) is 13.4. The molecule has 2 aromatic heterocycles. The molecule has 5 heterocycles. The Balaban J connectivity index is 1.21. The molecule has 0 aromatic carbocycles. The average molecular weight is 489 g/mol. The van der Waals surface area contributed by atoms with Crippen LogP contribution in [0.15, 0.2) is 30.6 Å². The zero-order valence-electron chi connectivity index (χ0n) is 21.3. The fourth-order valence-electron chi connectivity index (χ4n) is 6.22. The first-order valence-corrected chi connectivity index (χ1v) is 13.4. The molecule has 0 radical (unpaired) electrons. The Morgan fingerprint density at radius 1 is 1.06 bits per heavy atom. The van der Waals surface area contributed by atoms with E-state index in [2.05, 4.69) is 55.2 Å². The van der Waals surface area contributed by atoms with E-state index in [0.29, 0.717) is 24.4 Å². The van der Waals surface area contributed by atoms with Crippen molar-refractivity contribution in [1.82, 2.24) is 25.2 Å². The number of nitrogens with zero attached hydrogens (tertiary/aromatic N) is 6. The van der Waals surface area contributed by atoms with Gasteiger partial charge in [0.25, 0.3) is 0 Å². The largest absolute Gasteiger partial charge is 0.368 e. The summed E-state index contributed by atoms with van der Waals surface area (Å²) < 4.78 is 0. The van der Waals surface area contributed by atoms with Crippen LogP contribution in [0, 0.1) is 0 Å². The van der Waals surface area contributed by atoms with Gasteiger partial charge in [-0.05, 0) is 38.8 Å². The number of nitrogens with one attached hydrogen (secondary N) is 2. The van der Waals surface area contributed by atoms with Crippen LogP contribution in [0.1, 0.15) is 51.5 Å². The summed E-state index contributed by atoms with van der Waals surface area (Å²) in [4.78, 5) is 34.1. The highest BCUT2D eigenvalue weighted by atomic mass is 16.2. The summed E-state index contributed by atoms with van der Waals surface area (Å²) >= 11 is 0. The van der Waals surface area contributed by atoms with Gasteiger partial charge in [0.2, 0.25) is 11.9 Å². The number of rotatable bonds is 4. The second-order valence-corrected chi connectivity index (χ2v) is 10.8. The van der Waals surface area contributed by atoms with Gasteiger partial charge in [0.15, 0.2) is 0 Å². The molecule has 0 bridgehead atoms. The predicted octanol–water partition coefficient (Wildman–Crippen LogP) is 3.18. The smallest absolute Gasteiger partial charge is 0.246 e. The molecule has 6 rings (SSSR count). The number of piperazine rings is 2. The quantitative estimate of drug-likeness (QED) is 0.678. The van der Waals surface area contributed by atoms with Crippen LogP contribution >= 0.6 is 0 Å². The predicted molar refractivity (Wildman–Crippen MR) is 143 cm³/mol. The van der Waals surface area contributed by atoms with E-state index >= 15 is 0 Å². The summed E-state index contributed by atoms with van der Waals surface area (Å²) in [7, 11) is 0. The van der Waals surface area contributed by atoms with E-state index in [9.17, 15) is 4.79 Å². The number of carbonyl (C=O) groups is 1. The lowest BCUT2D eigenvalue weighted by atomic mass is 9.77. The second-order valence-electron chi connectivity index (χ2n) is 10.8. The van der Waals surface area contributed by atoms with E-state index in [-0.39, 0.29) is 17.5 Å². The Morgan fingerprint density at radius 2 is 1.86 bits per heavy atom. The van der Waals surface area contributed by atoms with Gasteiger partial charge in [-0.2, -0.15) is 4.98 Å². The van der Waals surface area contributed by atoms with Crippen molar-refractivity contribution in [2.75, 3.05) is 47.8 Å². The number of aromatic nitrogens is 3. The zero-order chi connectivity index (χ0) is 24.7. The number of anilines is 4. The van der Waals surface area contributed by atoms with Gasteiger partial charge in [0.05, 0.1) is 17.4 Å². The molecule has 1 saturated carbocycles. The van der Waals surface area contributed by atoms with Crippen molar-refractivity contribution in [3.63, 3.8) is 0 Å². The average Bonchev–Trinajstić information content (AvgIpc) is 2.91. The van der Waals surface area contributed by atoms with Crippen molar-refractivity contribution in [2.24, 2.45) is 0 Å². The number of hydrogen-bond donors (Lipinski definition) is 2. The first-order chi connectivity index (χ1) is 17.5. The van der Waals surface area contributed by atoms with Gasteiger partial charge in [-0.3, -0.25) is 9.69 Å². The SMILES string of the molecule is CC(C)N1CCN(c2ccc(Nc3ncc4c(n3)N3C(C=C4)C(=O)NCC34CCCCC4)nc2)CC1. The van der Waals surface area contributed by atoms with Crippen LogP contribution in [0.4, 0.5) is 23.3 Å². The molecular formula is C27H36N8O. The lowest BCUT2D eigenvalue weighted by molar-refractivity contribution is -0.123. The van der Waals surface area contributed by atoms with Gasteiger partial charge in [0.1, 0.15) is 17.7 Å². The maximum Gasteiger partial charge on any atom is 0.246 e. The maximum atomic E-state index is 12.8. The fourth-order valence-corrected chi connectivity index (χ4v) is 6.22. The third kappa shape index (κ3) is 4.19. The molecule has 1 amide bonds. The zero-order valence-corrected chi connectivity index (χ0v) is 21.3. The molecular weight excluding hydrogens is 452 g/mol. The molecule has 1 unspecified atom stereocenters. The summed E-state index contributed by atoms with van der Waals surface area (Å²) in [5.41, 5.74) is 2.02. The number of hydrogen-bond acceptors (Lipinski definition) is 8. The van der Waals surface area contributed by atoms with Crippen LogP contribution in [0.2, 0.25) is 0 Å². The van der Waals surface area contributed by atoms with Crippen molar-refractivity contribution in [3.8, 4) is 0 Å². The lowest BCUT2D eigenvalue weighted by Gasteiger charge is -2.54. The number of carbonyl (C=O) groups excluding carboxylic acids is 1. The minimum atomic E-state index is -0.319. The summed E-state index contributed by atoms with van der Waals surface area (Å²) in [5.74, 6) is 2.11. The Labute approximate surface area is 213 Å². The lowest BCUT2D eigenvalue weighted by Crippen LogP contribution is -2.69. The van der Waals surface area contributed by atoms with Gasteiger partial charge >= 0.3 is 0 Å². The number of fused-ring (bicyclic) bond motifs is 4. The Morgan fingerprint density at radius 3 is 2.58 bits per heavy atom. The molecule has 4 aliphatic rings. The van der Waals surface area contributed by atoms with E-state index < -0.39 is 0 Å². The Bertz CT molecular complexity index is 1130. The van der Waals surface area contributed by atoms with Crippen molar-refractivity contribution in [1.29, 1.82) is 0 Å². The highest BCUT2D eigenvalue weighted by Crippen LogP contribution is 2.42. The topological polar surface area (TPSA) is 89.5 Å². The molecule has 1 aliphatic carbocycles. The van der Waals surface area contributed by atoms with Gasteiger partial charge in [0, 0.05) is 50.5 Å². The van der Waals surface area contributed by atoms with Crippen molar-refractivity contribution >= 4 is 35.3 Å². The minimum Gasteiger partial charge on any atom is -0.368 e. The van der Waals surface area contributed by atoms with E-state index in [1.165, 1.54) is 19.3 Å². The van der Waals surface area contributed by atoms with E-state index in [1.807, 2.05) is 30.6 Å². The van der Waals surface area contributed by atoms with Gasteiger partial charge < -0.3 is 20.4 Å². The van der Waals surface area contributed by atoms with Crippen molar-refractivity contribution in [2.45, 2.75) is 63.6 Å². The Hall–Kier alpha value is -3.20. The number of amides is 1. The summed E-state index contributed by atoms with van der Waals surface area (Å²) in [5, 5.41) is 6.45. The van der Waals surface area contributed by atoms with Crippen LogP contribution in [-0.2, 0) is 4.79 Å². The molecule has 9 nitrogen and oxygen atoms in total. The molecule has 3 aliphatic heterocycles. The van der Waals surface area contributed by atoms with Gasteiger partial charge in [-0.15, -0.1) is 0 Å². The monoisotopic (exact) mass is 488 g/mol. The van der Waals surface area contributed by atoms with Crippen LogP contribution in [0.3, 0.4) is 0 Å². The van der Waals surface area contributed by atoms with Crippen LogP contribution in [-0.4, -0.2) is 76.1 Å². The summed E-state index contributed by atoms with van der Waals surface area (Å²) in [6.45, 7) is 9.37. The summed E-state index contributed by atoms with van der Waals surface area (Å²) in [6, 6.07) is 4.38. The maximum absolute atomic E-state index is 12.8. The molecule has 190 valence electrons. The minimum absolute atomic E-state index is 0.0488. The highest BCUT2D eigenvalue weighted by Gasteiger charge is 2.49. The molecule has 3 fully saturated rings. The van der Waals surface area contributed by atoms with Crippen molar-refractivity contribution in [3.05, 3.63) is 36.2 Å². The Kier molecular flexibility index (Phi) is 6.03.